The number of aromatic nitrogens is 2. The van der Waals surface area contributed by atoms with Crippen LogP contribution in [0.4, 0.5) is 5.82 Å². The van der Waals surface area contributed by atoms with Gasteiger partial charge in [0.15, 0.2) is 0 Å². The highest BCUT2D eigenvalue weighted by atomic mass is 16.6. The number of carbonyl (C=O) groups is 1. The van der Waals surface area contributed by atoms with Gasteiger partial charge in [0.05, 0.1) is 23.9 Å². The summed E-state index contributed by atoms with van der Waals surface area (Å²) in [4.78, 5) is 20.4. The molecule has 14 heavy (non-hydrogen) atoms. The number of nitro groups is 1. The molecule has 0 atom stereocenters. The molecule has 3 N–H and O–H groups in total. The third-order valence-corrected chi connectivity index (χ3v) is 1.54. The van der Waals surface area contributed by atoms with Gasteiger partial charge in [-0.25, -0.2) is 5.84 Å². The van der Waals surface area contributed by atoms with Crippen molar-refractivity contribution >= 4 is 11.7 Å². The van der Waals surface area contributed by atoms with Crippen LogP contribution in [0.2, 0.25) is 0 Å². The predicted octanol–water partition coefficient (Wildman–Crippen LogP) is -0.829. The van der Waals surface area contributed by atoms with Gasteiger partial charge in [0.25, 0.3) is 0 Å². The Kier molecular flexibility index (Phi) is 3.13. The minimum Gasteiger partial charge on any atom is -0.358 e. The first-order chi connectivity index (χ1) is 6.63. The van der Waals surface area contributed by atoms with Gasteiger partial charge < -0.3 is 10.1 Å². The minimum absolute atomic E-state index is 0.134. The summed E-state index contributed by atoms with van der Waals surface area (Å²) >= 11 is 0. The van der Waals surface area contributed by atoms with Crippen LogP contribution in [0.3, 0.4) is 0 Å². The Morgan fingerprint density at radius 1 is 1.79 bits per heavy atom. The second kappa shape index (κ2) is 4.33. The molecule has 0 unspecified atom stereocenters. The molecular formula is C6H9N5O3. The summed E-state index contributed by atoms with van der Waals surface area (Å²) in [5, 5.41) is 13.9. The van der Waals surface area contributed by atoms with Crippen molar-refractivity contribution in [2.45, 2.75) is 13.0 Å². The molecule has 8 nitrogen and oxygen atoms in total. The SMILES string of the molecule is NNC(=O)CCn1ccc([N+](=O)[O-])n1. The van der Waals surface area contributed by atoms with Crippen LogP contribution in [0.15, 0.2) is 12.3 Å². The van der Waals surface area contributed by atoms with Gasteiger partial charge in [-0.2, -0.15) is 4.68 Å². The first-order valence-corrected chi connectivity index (χ1v) is 3.81. The smallest absolute Gasteiger partial charge is 0.358 e. The summed E-state index contributed by atoms with van der Waals surface area (Å²) in [7, 11) is 0. The molecule has 8 heteroatoms. The van der Waals surface area contributed by atoms with Crippen LogP contribution in [0.5, 0.6) is 0 Å². The highest BCUT2D eigenvalue weighted by Crippen LogP contribution is 2.05. The maximum absolute atomic E-state index is 10.7. The monoisotopic (exact) mass is 199 g/mol. The number of hydrazine groups is 1. The van der Waals surface area contributed by atoms with E-state index in [0.717, 1.165) is 0 Å². The van der Waals surface area contributed by atoms with Gasteiger partial charge in [0, 0.05) is 6.42 Å². The molecule has 1 aromatic heterocycles. The number of hydrogen-bond acceptors (Lipinski definition) is 5. The number of nitrogens with zero attached hydrogens (tertiary/aromatic N) is 3. The van der Waals surface area contributed by atoms with Crippen LogP contribution in [-0.4, -0.2) is 20.6 Å². The first-order valence-electron chi connectivity index (χ1n) is 3.81. The molecular weight excluding hydrogens is 190 g/mol. The van der Waals surface area contributed by atoms with Crippen LogP contribution in [0, 0.1) is 10.1 Å². The zero-order valence-corrected chi connectivity index (χ0v) is 7.21. The maximum atomic E-state index is 10.7. The van der Waals surface area contributed by atoms with Crippen molar-refractivity contribution in [3.8, 4) is 0 Å². The summed E-state index contributed by atoms with van der Waals surface area (Å²) in [5.74, 6) is 4.27. The number of aryl methyl sites for hydroxylation is 1. The Labute approximate surface area is 78.8 Å². The molecule has 0 aromatic carbocycles. The van der Waals surface area contributed by atoms with Gasteiger partial charge in [-0.3, -0.25) is 10.2 Å². The largest absolute Gasteiger partial charge is 0.389 e. The molecule has 0 fully saturated rings. The number of nitrogens with one attached hydrogen (secondary N) is 1. The zero-order chi connectivity index (χ0) is 10.6. The van der Waals surface area contributed by atoms with Crippen molar-refractivity contribution in [3.05, 3.63) is 22.4 Å². The fourth-order valence-corrected chi connectivity index (χ4v) is 0.861. The molecule has 1 aromatic rings. The van der Waals surface area contributed by atoms with E-state index in [9.17, 15) is 14.9 Å². The van der Waals surface area contributed by atoms with Gasteiger partial charge in [-0.05, 0) is 4.92 Å². The molecule has 0 aliphatic rings. The zero-order valence-electron chi connectivity index (χ0n) is 7.21. The van der Waals surface area contributed by atoms with Crippen LogP contribution in [0.1, 0.15) is 6.42 Å². The van der Waals surface area contributed by atoms with Crippen LogP contribution < -0.4 is 11.3 Å². The van der Waals surface area contributed by atoms with Crippen molar-refractivity contribution in [2.24, 2.45) is 5.84 Å². The average molecular weight is 199 g/mol. The van der Waals surface area contributed by atoms with E-state index >= 15 is 0 Å². The van der Waals surface area contributed by atoms with Gasteiger partial charge in [0.2, 0.25) is 5.91 Å². The lowest BCUT2D eigenvalue weighted by Crippen LogP contribution is -2.30. The molecule has 0 saturated carbocycles. The van der Waals surface area contributed by atoms with Crippen LogP contribution >= 0.6 is 0 Å². The second-order valence-corrected chi connectivity index (χ2v) is 2.51. The van der Waals surface area contributed by atoms with E-state index < -0.39 is 4.92 Å². The van der Waals surface area contributed by atoms with Crippen molar-refractivity contribution in [1.29, 1.82) is 0 Å². The Hall–Kier alpha value is -1.96. The molecule has 1 amide bonds. The lowest BCUT2D eigenvalue weighted by Gasteiger charge is -1.96. The van der Waals surface area contributed by atoms with Gasteiger partial charge in [0.1, 0.15) is 0 Å². The van der Waals surface area contributed by atoms with E-state index in [0.29, 0.717) is 0 Å². The Bertz CT molecular complexity index is 347. The summed E-state index contributed by atoms with van der Waals surface area (Å²) in [6, 6.07) is 1.26. The Morgan fingerprint density at radius 3 is 3.00 bits per heavy atom. The van der Waals surface area contributed by atoms with Gasteiger partial charge >= 0.3 is 5.82 Å². The van der Waals surface area contributed by atoms with Crippen LogP contribution in [-0.2, 0) is 11.3 Å². The highest BCUT2D eigenvalue weighted by molar-refractivity contribution is 5.74. The number of rotatable bonds is 4. The number of nitrogens with two attached hydrogens (primary N) is 1. The fraction of sp³-hybridized carbons (Fsp3) is 0.333. The second-order valence-electron chi connectivity index (χ2n) is 2.51. The molecule has 0 radical (unpaired) electrons. The lowest BCUT2D eigenvalue weighted by molar-refractivity contribution is -0.389. The molecule has 1 heterocycles. The third kappa shape index (κ3) is 2.52. The topological polar surface area (TPSA) is 116 Å². The molecule has 0 spiro atoms. The first kappa shape index (κ1) is 10.1. The van der Waals surface area contributed by atoms with Gasteiger partial charge in [-0.1, -0.05) is 0 Å². The number of hydrogen-bond donors (Lipinski definition) is 2. The highest BCUT2D eigenvalue weighted by Gasteiger charge is 2.10. The van der Waals surface area contributed by atoms with E-state index in [1.165, 1.54) is 16.9 Å². The normalized spacial score (nSPS) is 9.79. The fourth-order valence-electron chi connectivity index (χ4n) is 0.861. The van der Waals surface area contributed by atoms with E-state index in [1.54, 1.807) is 0 Å². The molecule has 1 rings (SSSR count). The quantitative estimate of drug-likeness (QED) is 0.284. The Morgan fingerprint density at radius 2 is 2.50 bits per heavy atom. The van der Waals surface area contributed by atoms with Crippen LogP contribution in [0.25, 0.3) is 0 Å². The summed E-state index contributed by atoms with van der Waals surface area (Å²) in [6.45, 7) is 0.261. The lowest BCUT2D eigenvalue weighted by atomic mass is 10.4. The van der Waals surface area contributed by atoms with E-state index in [4.69, 9.17) is 5.84 Å². The Balaban J connectivity index is 2.52. The summed E-state index contributed by atoms with van der Waals surface area (Å²) < 4.78 is 1.31. The maximum Gasteiger partial charge on any atom is 0.389 e. The van der Waals surface area contributed by atoms with E-state index in [1.807, 2.05) is 5.43 Å². The molecule has 0 aliphatic heterocycles. The van der Waals surface area contributed by atoms with E-state index in [2.05, 4.69) is 5.10 Å². The van der Waals surface area contributed by atoms with Crippen molar-refractivity contribution in [3.63, 3.8) is 0 Å². The minimum atomic E-state index is -0.598. The third-order valence-electron chi connectivity index (χ3n) is 1.54. The molecule has 0 saturated heterocycles. The van der Waals surface area contributed by atoms with Crippen molar-refractivity contribution < 1.29 is 9.72 Å². The van der Waals surface area contributed by atoms with Crippen molar-refractivity contribution in [1.82, 2.24) is 15.2 Å². The predicted molar refractivity (Wildman–Crippen MR) is 45.8 cm³/mol. The molecule has 0 aliphatic carbocycles. The average Bonchev–Trinajstić information content (AvgIpc) is 2.62. The standard InChI is InChI=1S/C6H9N5O3/c7-8-6(12)2-4-10-3-1-5(9-10)11(13)14/h1,3H,2,4,7H2,(H,8,12). The van der Waals surface area contributed by atoms with Gasteiger partial charge in [-0.15, -0.1) is 0 Å². The van der Waals surface area contributed by atoms with Crippen molar-refractivity contribution in [2.75, 3.05) is 0 Å². The molecule has 76 valence electrons. The van der Waals surface area contributed by atoms with E-state index in [-0.39, 0.29) is 24.7 Å². The molecule has 0 bridgehead atoms. The summed E-state index contributed by atoms with van der Waals surface area (Å²) in [5.41, 5.74) is 1.95. The number of amides is 1. The summed E-state index contributed by atoms with van der Waals surface area (Å²) in [6.07, 6.45) is 1.57. The number of carbonyl (C=O) groups excluding carboxylic acids is 1.